The second-order valence-corrected chi connectivity index (χ2v) is 5.51. The van der Waals surface area contributed by atoms with Gasteiger partial charge in [0, 0.05) is 25.7 Å². The molecule has 2 N–H and O–H groups in total. The lowest BCUT2D eigenvalue weighted by Gasteiger charge is -2.50. The summed E-state index contributed by atoms with van der Waals surface area (Å²) in [6.45, 7) is 7.23. The normalized spacial score (nSPS) is 35.6. The van der Waals surface area contributed by atoms with E-state index in [1.807, 2.05) is 0 Å². The van der Waals surface area contributed by atoms with E-state index in [-0.39, 0.29) is 5.54 Å². The number of likely N-dealkylation sites (N-methyl/N-ethyl adjacent to an activating group) is 1. The van der Waals surface area contributed by atoms with Crippen molar-refractivity contribution in [2.75, 3.05) is 33.9 Å². The monoisotopic (exact) mass is 228 g/mol. The van der Waals surface area contributed by atoms with Crippen molar-refractivity contribution in [2.45, 2.75) is 38.6 Å². The molecule has 0 amide bonds. The molecule has 1 rings (SSSR count). The Bertz CT molecular complexity index is 210. The highest BCUT2D eigenvalue weighted by Gasteiger charge is 2.42. The summed E-state index contributed by atoms with van der Waals surface area (Å²) in [5.41, 5.74) is 6.27. The second kappa shape index (κ2) is 5.99. The maximum atomic E-state index is 6.08. The molecule has 1 saturated carbocycles. The van der Waals surface area contributed by atoms with Crippen LogP contribution in [-0.4, -0.2) is 44.3 Å². The molecular weight excluding hydrogens is 200 g/mol. The Hall–Kier alpha value is -0.120. The molecular formula is C13H28N2O. The van der Waals surface area contributed by atoms with Crippen LogP contribution in [0.4, 0.5) is 0 Å². The van der Waals surface area contributed by atoms with Gasteiger partial charge in [0.25, 0.3) is 0 Å². The van der Waals surface area contributed by atoms with Gasteiger partial charge in [0.2, 0.25) is 0 Å². The fourth-order valence-corrected chi connectivity index (χ4v) is 3.13. The molecule has 3 atom stereocenters. The Labute approximate surface area is 100 Å². The molecule has 1 aliphatic rings. The summed E-state index contributed by atoms with van der Waals surface area (Å²) in [5.74, 6) is 1.49. The molecule has 16 heavy (non-hydrogen) atoms. The molecule has 0 radical (unpaired) electrons. The molecule has 0 aromatic rings. The van der Waals surface area contributed by atoms with E-state index < -0.39 is 0 Å². The average molecular weight is 228 g/mol. The summed E-state index contributed by atoms with van der Waals surface area (Å²) in [5, 5.41) is 0. The summed E-state index contributed by atoms with van der Waals surface area (Å²) < 4.78 is 5.17. The fourth-order valence-electron chi connectivity index (χ4n) is 3.13. The molecule has 0 spiro atoms. The highest BCUT2D eigenvalue weighted by atomic mass is 16.5. The minimum atomic E-state index is 0.191. The molecule has 0 aromatic heterocycles. The lowest BCUT2D eigenvalue weighted by atomic mass is 9.69. The predicted octanol–water partition coefficient (Wildman–Crippen LogP) is 1.72. The van der Waals surface area contributed by atoms with E-state index in [2.05, 4.69) is 25.8 Å². The van der Waals surface area contributed by atoms with Gasteiger partial charge in [-0.05, 0) is 31.7 Å². The quantitative estimate of drug-likeness (QED) is 0.778. The van der Waals surface area contributed by atoms with Gasteiger partial charge in [-0.1, -0.05) is 20.3 Å². The zero-order valence-corrected chi connectivity index (χ0v) is 11.3. The van der Waals surface area contributed by atoms with Crippen molar-refractivity contribution < 1.29 is 4.74 Å². The van der Waals surface area contributed by atoms with E-state index >= 15 is 0 Å². The Morgan fingerprint density at radius 2 is 2.06 bits per heavy atom. The molecule has 96 valence electrons. The Morgan fingerprint density at radius 1 is 1.38 bits per heavy atom. The van der Waals surface area contributed by atoms with E-state index in [0.29, 0.717) is 5.92 Å². The maximum absolute atomic E-state index is 6.08. The first-order valence-corrected chi connectivity index (χ1v) is 6.47. The minimum absolute atomic E-state index is 0.191. The number of nitrogens with zero attached hydrogens (tertiary/aromatic N) is 1. The molecule has 0 saturated heterocycles. The van der Waals surface area contributed by atoms with Gasteiger partial charge in [0.1, 0.15) is 0 Å². The van der Waals surface area contributed by atoms with Crippen LogP contribution in [0.15, 0.2) is 0 Å². The zero-order valence-electron chi connectivity index (χ0n) is 11.3. The number of rotatable bonds is 5. The SMILES string of the molecule is COCCN(C)C1(CN)CC(C)CCC1C. The first-order valence-electron chi connectivity index (χ1n) is 6.47. The molecule has 1 aliphatic carbocycles. The second-order valence-electron chi connectivity index (χ2n) is 5.51. The molecule has 1 fully saturated rings. The Morgan fingerprint density at radius 3 is 2.62 bits per heavy atom. The third kappa shape index (κ3) is 2.76. The summed E-state index contributed by atoms with van der Waals surface area (Å²) in [7, 11) is 3.95. The number of hydrogen-bond acceptors (Lipinski definition) is 3. The van der Waals surface area contributed by atoms with Crippen LogP contribution in [0.25, 0.3) is 0 Å². The van der Waals surface area contributed by atoms with Crippen LogP contribution in [0.2, 0.25) is 0 Å². The molecule has 0 bridgehead atoms. The lowest BCUT2D eigenvalue weighted by Crippen LogP contribution is -2.59. The third-order valence-corrected chi connectivity index (χ3v) is 4.46. The van der Waals surface area contributed by atoms with Crippen molar-refractivity contribution in [2.24, 2.45) is 17.6 Å². The smallest absolute Gasteiger partial charge is 0.0589 e. The standard InChI is InChI=1S/C13H28N2O/c1-11-5-6-12(2)13(9-11,10-14)15(3)7-8-16-4/h11-12H,5-10,14H2,1-4H3. The fraction of sp³-hybridized carbons (Fsp3) is 1.00. The third-order valence-electron chi connectivity index (χ3n) is 4.46. The molecule has 3 heteroatoms. The molecule has 3 nitrogen and oxygen atoms in total. The zero-order chi connectivity index (χ0) is 12.2. The van der Waals surface area contributed by atoms with Crippen LogP contribution in [0.5, 0.6) is 0 Å². The van der Waals surface area contributed by atoms with E-state index in [4.69, 9.17) is 10.5 Å². The lowest BCUT2D eigenvalue weighted by molar-refractivity contribution is 0.000963. The number of methoxy groups -OCH3 is 1. The van der Waals surface area contributed by atoms with E-state index in [9.17, 15) is 0 Å². The van der Waals surface area contributed by atoms with E-state index in [1.165, 1.54) is 19.3 Å². The first-order chi connectivity index (χ1) is 7.56. The van der Waals surface area contributed by atoms with Crippen LogP contribution in [0.3, 0.4) is 0 Å². The van der Waals surface area contributed by atoms with Gasteiger partial charge in [-0.2, -0.15) is 0 Å². The highest BCUT2D eigenvalue weighted by molar-refractivity contribution is 4.98. The number of nitrogens with two attached hydrogens (primary N) is 1. The van der Waals surface area contributed by atoms with Crippen molar-refractivity contribution in [1.82, 2.24) is 4.90 Å². The van der Waals surface area contributed by atoms with Gasteiger partial charge >= 0.3 is 0 Å². The molecule has 0 aliphatic heterocycles. The topological polar surface area (TPSA) is 38.5 Å². The summed E-state index contributed by atoms with van der Waals surface area (Å²) in [6, 6.07) is 0. The van der Waals surface area contributed by atoms with Gasteiger partial charge in [-0.3, -0.25) is 4.90 Å². The Kier molecular flexibility index (Phi) is 5.22. The van der Waals surface area contributed by atoms with Crippen molar-refractivity contribution in [3.05, 3.63) is 0 Å². The minimum Gasteiger partial charge on any atom is -0.383 e. The summed E-state index contributed by atoms with van der Waals surface area (Å²) in [6.07, 6.45) is 3.88. The van der Waals surface area contributed by atoms with Gasteiger partial charge in [0.15, 0.2) is 0 Å². The first kappa shape index (κ1) is 13.9. The summed E-state index contributed by atoms with van der Waals surface area (Å²) in [4.78, 5) is 2.43. The van der Waals surface area contributed by atoms with Crippen molar-refractivity contribution in [1.29, 1.82) is 0 Å². The number of ether oxygens (including phenoxy) is 1. The van der Waals surface area contributed by atoms with Crippen molar-refractivity contribution >= 4 is 0 Å². The molecule has 3 unspecified atom stereocenters. The van der Waals surface area contributed by atoms with Gasteiger partial charge < -0.3 is 10.5 Å². The summed E-state index contributed by atoms with van der Waals surface area (Å²) >= 11 is 0. The highest BCUT2D eigenvalue weighted by Crippen LogP contribution is 2.39. The molecule has 0 aromatic carbocycles. The Balaban J connectivity index is 2.72. The largest absolute Gasteiger partial charge is 0.383 e. The van der Waals surface area contributed by atoms with Crippen LogP contribution in [0, 0.1) is 11.8 Å². The van der Waals surface area contributed by atoms with Crippen molar-refractivity contribution in [3.8, 4) is 0 Å². The van der Waals surface area contributed by atoms with Gasteiger partial charge in [-0.15, -0.1) is 0 Å². The van der Waals surface area contributed by atoms with E-state index in [1.54, 1.807) is 7.11 Å². The van der Waals surface area contributed by atoms with Gasteiger partial charge in [-0.25, -0.2) is 0 Å². The van der Waals surface area contributed by atoms with Crippen LogP contribution in [0.1, 0.15) is 33.1 Å². The van der Waals surface area contributed by atoms with E-state index in [0.717, 1.165) is 25.6 Å². The average Bonchev–Trinajstić information content (AvgIpc) is 2.29. The van der Waals surface area contributed by atoms with Crippen molar-refractivity contribution in [3.63, 3.8) is 0 Å². The predicted molar refractivity (Wildman–Crippen MR) is 68.5 cm³/mol. The van der Waals surface area contributed by atoms with Crippen LogP contribution in [-0.2, 0) is 4.74 Å². The number of hydrogen-bond donors (Lipinski definition) is 1. The van der Waals surface area contributed by atoms with Crippen LogP contribution < -0.4 is 5.73 Å². The molecule has 0 heterocycles. The maximum Gasteiger partial charge on any atom is 0.0589 e. The van der Waals surface area contributed by atoms with Gasteiger partial charge in [0.05, 0.1) is 6.61 Å². The van der Waals surface area contributed by atoms with Crippen LogP contribution >= 0.6 is 0 Å².